The van der Waals surface area contributed by atoms with Crippen LogP contribution in [0.15, 0.2) is 48.5 Å². The molecule has 0 aromatic heterocycles. The third-order valence-corrected chi connectivity index (χ3v) is 3.88. The van der Waals surface area contributed by atoms with E-state index in [9.17, 15) is 13.2 Å². The summed E-state index contributed by atoms with van der Waals surface area (Å²) in [6.45, 7) is 0.304. The van der Waals surface area contributed by atoms with E-state index in [4.69, 9.17) is 16.3 Å². The van der Waals surface area contributed by atoms with E-state index in [1.807, 2.05) is 22.9 Å². The number of hydrogen-bond donors (Lipinski definition) is 1. The van der Waals surface area contributed by atoms with Gasteiger partial charge in [-0.3, -0.25) is 9.52 Å². The lowest BCUT2D eigenvalue weighted by molar-refractivity contribution is -0.118. The molecule has 122 valence electrons. The van der Waals surface area contributed by atoms with Crippen molar-refractivity contribution in [2.45, 2.75) is 13.0 Å². The molecule has 2 aromatic rings. The van der Waals surface area contributed by atoms with E-state index in [-0.39, 0.29) is 6.42 Å². The van der Waals surface area contributed by atoms with E-state index in [0.29, 0.717) is 22.9 Å². The highest BCUT2D eigenvalue weighted by molar-refractivity contribution is 7.89. The summed E-state index contributed by atoms with van der Waals surface area (Å²) in [5.41, 5.74) is 1.51. The second-order valence-corrected chi connectivity index (χ2v) is 7.16. The summed E-state index contributed by atoms with van der Waals surface area (Å²) in [6, 6.07) is 14.3. The highest BCUT2D eigenvalue weighted by atomic mass is 35.5. The predicted molar refractivity (Wildman–Crippen MR) is 88.9 cm³/mol. The molecule has 2 rings (SSSR count). The quantitative estimate of drug-likeness (QED) is 0.866. The van der Waals surface area contributed by atoms with Crippen LogP contribution < -0.4 is 9.46 Å². The van der Waals surface area contributed by atoms with Gasteiger partial charge < -0.3 is 4.74 Å². The first kappa shape index (κ1) is 17.3. The number of carbonyl (C=O) groups is 1. The van der Waals surface area contributed by atoms with E-state index < -0.39 is 15.9 Å². The summed E-state index contributed by atoms with van der Waals surface area (Å²) in [5, 5.41) is 0.621. The number of amides is 1. The van der Waals surface area contributed by atoms with Crippen LogP contribution in [0.4, 0.5) is 0 Å². The zero-order chi connectivity index (χ0) is 16.9. The molecular weight excluding hydrogens is 338 g/mol. The van der Waals surface area contributed by atoms with Crippen LogP contribution in [-0.4, -0.2) is 20.6 Å². The number of ether oxygens (including phenoxy) is 1. The Hall–Kier alpha value is -2.05. The summed E-state index contributed by atoms with van der Waals surface area (Å²) >= 11 is 6.06. The lowest BCUT2D eigenvalue weighted by atomic mass is 10.1. The molecule has 0 bridgehead atoms. The van der Waals surface area contributed by atoms with Crippen molar-refractivity contribution in [2.24, 2.45) is 0 Å². The van der Waals surface area contributed by atoms with E-state index in [2.05, 4.69) is 0 Å². The van der Waals surface area contributed by atoms with Crippen molar-refractivity contribution in [3.63, 3.8) is 0 Å². The molecule has 0 radical (unpaired) electrons. The predicted octanol–water partition coefficient (Wildman–Crippen LogP) is 2.54. The van der Waals surface area contributed by atoms with Crippen LogP contribution in [0.5, 0.6) is 5.75 Å². The molecule has 0 aliphatic heterocycles. The first-order valence-electron chi connectivity index (χ1n) is 6.79. The minimum atomic E-state index is -3.55. The molecule has 0 unspecified atom stereocenters. The number of nitrogens with one attached hydrogen (secondary N) is 1. The van der Waals surface area contributed by atoms with Crippen molar-refractivity contribution in [3.8, 4) is 5.75 Å². The number of sulfonamides is 1. The van der Waals surface area contributed by atoms with Gasteiger partial charge in [-0.2, -0.15) is 0 Å². The van der Waals surface area contributed by atoms with E-state index in [0.717, 1.165) is 11.8 Å². The van der Waals surface area contributed by atoms with Crippen LogP contribution >= 0.6 is 11.6 Å². The Balaban J connectivity index is 2.00. The summed E-state index contributed by atoms with van der Waals surface area (Å²) in [7, 11) is -3.55. The zero-order valence-corrected chi connectivity index (χ0v) is 14.0. The highest BCUT2D eigenvalue weighted by Gasteiger charge is 2.10. The number of carbonyl (C=O) groups excluding carboxylic acids is 1. The minimum Gasteiger partial charge on any atom is -0.489 e. The largest absolute Gasteiger partial charge is 0.489 e. The van der Waals surface area contributed by atoms with Crippen LogP contribution in [0.1, 0.15) is 11.1 Å². The van der Waals surface area contributed by atoms with Gasteiger partial charge in [0.15, 0.2) is 0 Å². The molecule has 2 aromatic carbocycles. The Morgan fingerprint density at radius 3 is 2.61 bits per heavy atom. The van der Waals surface area contributed by atoms with Crippen LogP contribution in [0.25, 0.3) is 0 Å². The third-order valence-electron chi connectivity index (χ3n) is 2.91. The maximum atomic E-state index is 11.6. The molecule has 0 aliphatic rings. The Bertz CT molecular complexity index is 805. The molecule has 1 N–H and O–H groups in total. The van der Waals surface area contributed by atoms with Gasteiger partial charge in [0.05, 0.1) is 12.7 Å². The first-order chi connectivity index (χ1) is 10.8. The molecule has 0 saturated heterocycles. The molecule has 23 heavy (non-hydrogen) atoms. The summed E-state index contributed by atoms with van der Waals surface area (Å²) in [5.74, 6) is -0.00895. The summed E-state index contributed by atoms with van der Waals surface area (Å²) < 4.78 is 29.6. The number of hydrogen-bond acceptors (Lipinski definition) is 4. The van der Waals surface area contributed by atoms with Gasteiger partial charge in [0, 0.05) is 10.6 Å². The van der Waals surface area contributed by atoms with Crippen LogP contribution in [0.2, 0.25) is 5.02 Å². The molecule has 0 heterocycles. The van der Waals surface area contributed by atoms with Gasteiger partial charge in [0.25, 0.3) is 0 Å². The van der Waals surface area contributed by atoms with E-state index >= 15 is 0 Å². The first-order valence-corrected chi connectivity index (χ1v) is 9.06. The van der Waals surface area contributed by atoms with Gasteiger partial charge in [0.1, 0.15) is 12.4 Å². The fraction of sp³-hybridized carbons (Fsp3) is 0.188. The lowest BCUT2D eigenvalue weighted by Gasteiger charge is -2.09. The van der Waals surface area contributed by atoms with Gasteiger partial charge in [-0.05, 0) is 23.8 Å². The number of rotatable bonds is 6. The standard InChI is InChI=1S/C16H16ClNO4S/c1-23(20,21)18-16(19)10-12-5-4-7-14(9-12)22-11-13-6-2-3-8-15(13)17/h2-9H,10-11H2,1H3,(H,18,19). The lowest BCUT2D eigenvalue weighted by Crippen LogP contribution is -2.30. The molecule has 0 aliphatic carbocycles. The monoisotopic (exact) mass is 353 g/mol. The zero-order valence-electron chi connectivity index (χ0n) is 12.5. The van der Waals surface area contributed by atoms with Gasteiger partial charge >= 0.3 is 0 Å². The molecule has 7 heteroatoms. The van der Waals surface area contributed by atoms with Crippen molar-refractivity contribution in [1.82, 2.24) is 4.72 Å². The summed E-state index contributed by atoms with van der Waals surface area (Å²) in [4.78, 5) is 11.6. The van der Waals surface area contributed by atoms with Gasteiger partial charge in [-0.15, -0.1) is 0 Å². The maximum absolute atomic E-state index is 11.6. The van der Waals surface area contributed by atoms with Crippen LogP contribution in [0.3, 0.4) is 0 Å². The fourth-order valence-electron chi connectivity index (χ4n) is 1.95. The molecule has 0 atom stereocenters. The topological polar surface area (TPSA) is 72.5 Å². The molecule has 1 amide bonds. The maximum Gasteiger partial charge on any atom is 0.237 e. The van der Waals surface area contributed by atoms with Crippen LogP contribution in [-0.2, 0) is 27.8 Å². The second-order valence-electron chi connectivity index (χ2n) is 5.00. The van der Waals surface area contributed by atoms with Gasteiger partial charge in [0.2, 0.25) is 15.9 Å². The van der Waals surface area contributed by atoms with E-state index in [1.165, 1.54) is 0 Å². The number of halogens is 1. The van der Waals surface area contributed by atoms with Crippen molar-refractivity contribution in [1.29, 1.82) is 0 Å². The van der Waals surface area contributed by atoms with Crippen molar-refractivity contribution in [2.75, 3.05) is 6.26 Å². The molecule has 5 nitrogen and oxygen atoms in total. The SMILES string of the molecule is CS(=O)(=O)NC(=O)Cc1cccc(OCc2ccccc2Cl)c1. The Labute approximate surface area is 140 Å². The van der Waals surface area contributed by atoms with Gasteiger partial charge in [-0.25, -0.2) is 8.42 Å². The highest BCUT2D eigenvalue weighted by Crippen LogP contribution is 2.19. The molecule has 0 saturated carbocycles. The van der Waals surface area contributed by atoms with Crippen molar-refractivity contribution in [3.05, 3.63) is 64.7 Å². The minimum absolute atomic E-state index is 0.0453. The third kappa shape index (κ3) is 5.92. The molecular formula is C16H16ClNO4S. The summed E-state index contributed by atoms with van der Waals surface area (Å²) in [6.07, 6.45) is 0.893. The molecule has 0 spiro atoms. The van der Waals surface area contributed by atoms with Gasteiger partial charge in [-0.1, -0.05) is 41.9 Å². The average Bonchev–Trinajstić information content (AvgIpc) is 2.45. The number of benzene rings is 2. The second kappa shape index (κ2) is 7.48. The Morgan fingerprint density at radius 1 is 1.17 bits per heavy atom. The molecule has 0 fully saturated rings. The van der Waals surface area contributed by atoms with Crippen molar-refractivity contribution < 1.29 is 17.9 Å². The smallest absolute Gasteiger partial charge is 0.237 e. The Kier molecular flexibility index (Phi) is 5.63. The van der Waals surface area contributed by atoms with E-state index in [1.54, 1.807) is 30.3 Å². The average molecular weight is 354 g/mol. The fourth-order valence-corrected chi connectivity index (χ4v) is 2.63. The Morgan fingerprint density at radius 2 is 1.91 bits per heavy atom. The van der Waals surface area contributed by atoms with Crippen molar-refractivity contribution >= 4 is 27.5 Å². The normalized spacial score (nSPS) is 11.0. The van der Waals surface area contributed by atoms with Crippen LogP contribution in [0, 0.1) is 0 Å².